The van der Waals surface area contributed by atoms with E-state index in [4.69, 9.17) is 11.6 Å². The minimum absolute atomic E-state index is 0.398. The summed E-state index contributed by atoms with van der Waals surface area (Å²) in [7, 11) is 0. The van der Waals surface area contributed by atoms with Gasteiger partial charge in [0.2, 0.25) is 0 Å². The fraction of sp³-hybridized carbons (Fsp3) is 0.143. The number of hydrogen-bond acceptors (Lipinski definition) is 5. The lowest BCUT2D eigenvalue weighted by atomic mass is 10.6. The highest BCUT2D eigenvalue weighted by Gasteiger charge is 2.04. The van der Waals surface area contributed by atoms with Gasteiger partial charge in [-0.05, 0) is 6.26 Å². The molecule has 0 aliphatic carbocycles. The number of aromatic nitrogens is 5. The molecule has 0 saturated carbocycles. The van der Waals surface area contributed by atoms with E-state index >= 15 is 0 Å². The van der Waals surface area contributed by atoms with E-state index in [-0.39, 0.29) is 0 Å². The SMILES string of the molecule is CSc1nc(Cl)cc(-n2cncn2)n1. The van der Waals surface area contributed by atoms with Crippen LogP contribution in [0.3, 0.4) is 0 Å². The largest absolute Gasteiger partial charge is 0.223 e. The molecule has 0 N–H and O–H groups in total. The van der Waals surface area contributed by atoms with Gasteiger partial charge in [0.1, 0.15) is 17.8 Å². The molecule has 0 unspecified atom stereocenters. The molecule has 0 saturated heterocycles. The van der Waals surface area contributed by atoms with Crippen LogP contribution in [0.15, 0.2) is 23.9 Å². The first kappa shape index (κ1) is 9.42. The molecule has 0 fully saturated rings. The maximum Gasteiger partial charge on any atom is 0.190 e. The minimum Gasteiger partial charge on any atom is -0.223 e. The molecule has 0 radical (unpaired) electrons. The number of rotatable bonds is 2. The highest BCUT2D eigenvalue weighted by atomic mass is 35.5. The fourth-order valence-corrected chi connectivity index (χ4v) is 1.52. The van der Waals surface area contributed by atoms with Crippen molar-refractivity contribution in [2.75, 3.05) is 6.26 Å². The van der Waals surface area contributed by atoms with Crippen LogP contribution in [0.4, 0.5) is 0 Å². The van der Waals surface area contributed by atoms with Crippen LogP contribution in [0.5, 0.6) is 0 Å². The van der Waals surface area contributed by atoms with Crippen LogP contribution in [0.1, 0.15) is 0 Å². The average molecular weight is 228 g/mol. The van der Waals surface area contributed by atoms with E-state index in [1.54, 1.807) is 12.4 Å². The standard InChI is InChI=1S/C7H6ClN5S/c1-14-7-11-5(8)2-6(12-7)13-4-9-3-10-13/h2-4H,1H3. The molecule has 2 aromatic rings. The molecule has 0 aliphatic heterocycles. The van der Waals surface area contributed by atoms with Crippen LogP contribution in [-0.2, 0) is 0 Å². The van der Waals surface area contributed by atoms with Gasteiger partial charge in [0.05, 0.1) is 0 Å². The normalized spacial score (nSPS) is 10.4. The van der Waals surface area contributed by atoms with Gasteiger partial charge in [-0.1, -0.05) is 23.4 Å². The molecule has 0 amide bonds. The third kappa shape index (κ3) is 1.85. The summed E-state index contributed by atoms with van der Waals surface area (Å²) in [6.07, 6.45) is 4.88. The van der Waals surface area contributed by atoms with E-state index in [0.717, 1.165) is 0 Å². The van der Waals surface area contributed by atoms with Crippen molar-refractivity contribution >= 4 is 23.4 Å². The van der Waals surface area contributed by atoms with E-state index < -0.39 is 0 Å². The molecular formula is C7H6ClN5S. The van der Waals surface area contributed by atoms with Crippen molar-refractivity contribution in [1.29, 1.82) is 0 Å². The number of halogens is 1. The highest BCUT2D eigenvalue weighted by molar-refractivity contribution is 7.98. The predicted molar refractivity (Wildman–Crippen MR) is 53.7 cm³/mol. The van der Waals surface area contributed by atoms with Gasteiger partial charge in [-0.15, -0.1) is 0 Å². The first-order chi connectivity index (χ1) is 6.79. The topological polar surface area (TPSA) is 56.5 Å². The molecule has 0 aliphatic rings. The minimum atomic E-state index is 0.398. The van der Waals surface area contributed by atoms with Crippen molar-refractivity contribution in [2.24, 2.45) is 0 Å². The van der Waals surface area contributed by atoms with E-state index in [0.29, 0.717) is 16.1 Å². The number of hydrogen-bond donors (Lipinski definition) is 0. The van der Waals surface area contributed by atoms with Crippen LogP contribution >= 0.6 is 23.4 Å². The first-order valence-corrected chi connectivity index (χ1v) is 5.33. The van der Waals surface area contributed by atoms with Crippen LogP contribution in [-0.4, -0.2) is 31.0 Å². The second-order valence-electron chi connectivity index (χ2n) is 2.38. The lowest BCUT2D eigenvalue weighted by molar-refractivity contribution is 0.806. The fourth-order valence-electron chi connectivity index (χ4n) is 0.921. The molecular weight excluding hydrogens is 222 g/mol. The number of nitrogens with zero attached hydrogens (tertiary/aromatic N) is 5. The van der Waals surface area contributed by atoms with Gasteiger partial charge in [-0.3, -0.25) is 0 Å². The summed E-state index contributed by atoms with van der Waals surface area (Å²) in [5.41, 5.74) is 0. The van der Waals surface area contributed by atoms with Crippen molar-refractivity contribution in [1.82, 2.24) is 24.7 Å². The average Bonchev–Trinajstić information content (AvgIpc) is 2.69. The molecule has 0 aromatic carbocycles. The van der Waals surface area contributed by atoms with Crippen molar-refractivity contribution in [3.8, 4) is 5.82 Å². The molecule has 14 heavy (non-hydrogen) atoms. The van der Waals surface area contributed by atoms with Crippen LogP contribution in [0, 0.1) is 0 Å². The summed E-state index contributed by atoms with van der Waals surface area (Å²) in [5, 5.41) is 4.96. The lowest BCUT2D eigenvalue weighted by Gasteiger charge is -2.01. The Bertz CT molecular complexity index is 430. The van der Waals surface area contributed by atoms with Crippen molar-refractivity contribution in [3.05, 3.63) is 23.9 Å². The Morgan fingerprint density at radius 3 is 2.93 bits per heavy atom. The van der Waals surface area contributed by atoms with Gasteiger partial charge >= 0.3 is 0 Å². The Labute approximate surface area is 89.5 Å². The summed E-state index contributed by atoms with van der Waals surface area (Å²) in [6.45, 7) is 0. The van der Waals surface area contributed by atoms with E-state index in [9.17, 15) is 0 Å². The molecule has 0 spiro atoms. The van der Waals surface area contributed by atoms with Gasteiger partial charge in [-0.25, -0.2) is 19.6 Å². The first-order valence-electron chi connectivity index (χ1n) is 3.73. The molecule has 72 valence electrons. The maximum atomic E-state index is 5.82. The Hall–Kier alpha value is -1.14. The summed E-state index contributed by atoms with van der Waals surface area (Å²) in [6, 6.07) is 1.63. The van der Waals surface area contributed by atoms with Gasteiger partial charge in [0.15, 0.2) is 11.0 Å². The molecule has 0 atom stereocenters. The zero-order valence-corrected chi connectivity index (χ0v) is 8.83. The van der Waals surface area contributed by atoms with Crippen molar-refractivity contribution in [2.45, 2.75) is 5.16 Å². The zero-order chi connectivity index (χ0) is 9.97. The molecule has 2 aromatic heterocycles. The molecule has 0 bridgehead atoms. The van der Waals surface area contributed by atoms with E-state index in [1.165, 1.54) is 22.8 Å². The summed E-state index contributed by atoms with van der Waals surface area (Å²) in [4.78, 5) is 12.1. The van der Waals surface area contributed by atoms with Crippen LogP contribution < -0.4 is 0 Å². The van der Waals surface area contributed by atoms with E-state index in [1.807, 2.05) is 6.26 Å². The Kier molecular flexibility index (Phi) is 2.64. The third-order valence-corrected chi connectivity index (χ3v) is 2.24. The Morgan fingerprint density at radius 2 is 2.29 bits per heavy atom. The number of thioether (sulfide) groups is 1. The van der Waals surface area contributed by atoms with E-state index in [2.05, 4.69) is 20.1 Å². The van der Waals surface area contributed by atoms with Gasteiger partial charge in [0, 0.05) is 6.07 Å². The van der Waals surface area contributed by atoms with Gasteiger partial charge < -0.3 is 0 Å². The quantitative estimate of drug-likeness (QED) is 0.441. The van der Waals surface area contributed by atoms with Gasteiger partial charge in [-0.2, -0.15) is 5.10 Å². The van der Waals surface area contributed by atoms with Gasteiger partial charge in [0.25, 0.3) is 0 Å². The maximum absolute atomic E-state index is 5.82. The summed E-state index contributed by atoms with van der Waals surface area (Å²) < 4.78 is 1.54. The molecule has 7 heteroatoms. The highest BCUT2D eigenvalue weighted by Crippen LogP contribution is 2.15. The second-order valence-corrected chi connectivity index (χ2v) is 3.54. The summed E-state index contributed by atoms with van der Waals surface area (Å²) in [5.74, 6) is 0.617. The smallest absolute Gasteiger partial charge is 0.190 e. The Morgan fingerprint density at radius 1 is 1.43 bits per heavy atom. The molecule has 2 rings (SSSR count). The Balaban J connectivity index is 2.48. The summed E-state index contributed by atoms with van der Waals surface area (Å²) >= 11 is 7.25. The molecule has 5 nitrogen and oxygen atoms in total. The molecule has 2 heterocycles. The van der Waals surface area contributed by atoms with Crippen molar-refractivity contribution in [3.63, 3.8) is 0 Å². The monoisotopic (exact) mass is 227 g/mol. The zero-order valence-electron chi connectivity index (χ0n) is 7.25. The second kappa shape index (κ2) is 3.93. The third-order valence-electron chi connectivity index (χ3n) is 1.50. The van der Waals surface area contributed by atoms with Crippen LogP contribution in [0.25, 0.3) is 5.82 Å². The van der Waals surface area contributed by atoms with Crippen LogP contribution in [0.2, 0.25) is 5.15 Å². The van der Waals surface area contributed by atoms with Crippen molar-refractivity contribution < 1.29 is 0 Å². The lowest BCUT2D eigenvalue weighted by Crippen LogP contribution is -2.00. The predicted octanol–water partition coefficient (Wildman–Crippen LogP) is 1.43.